The van der Waals surface area contributed by atoms with Crippen molar-refractivity contribution in [3.8, 4) is 11.1 Å². The van der Waals surface area contributed by atoms with E-state index in [1.54, 1.807) is 29.6 Å². The second-order valence-corrected chi connectivity index (χ2v) is 8.79. The number of anilines is 1. The highest BCUT2D eigenvalue weighted by Crippen LogP contribution is 2.37. The normalized spacial score (nSPS) is 13.9. The number of hydrogen-bond donors (Lipinski definition) is 2. The van der Waals surface area contributed by atoms with Crippen molar-refractivity contribution in [1.82, 2.24) is 25.3 Å². The van der Waals surface area contributed by atoms with E-state index in [1.165, 1.54) is 0 Å². The molecule has 8 nitrogen and oxygen atoms in total. The number of rotatable bonds is 6. The van der Waals surface area contributed by atoms with Crippen molar-refractivity contribution in [2.75, 3.05) is 24.5 Å². The highest BCUT2D eigenvalue weighted by Gasteiger charge is 2.49. The molecule has 35 heavy (non-hydrogen) atoms. The van der Waals surface area contributed by atoms with Crippen LogP contribution in [0.3, 0.4) is 0 Å². The number of amides is 1. The maximum atomic E-state index is 14.8. The number of carbonyl (C=O) groups excluding carboxylic acids is 1. The molecule has 1 fully saturated rings. The van der Waals surface area contributed by atoms with E-state index in [4.69, 9.17) is 6.57 Å². The Balaban J connectivity index is 0.00000216. The molecule has 0 unspecified atom stereocenters. The molecule has 1 amide bonds. The summed E-state index contributed by atoms with van der Waals surface area (Å²) in [5.41, 5.74) is 2.66. The Kier molecular flexibility index (Phi) is 8.34. The van der Waals surface area contributed by atoms with Gasteiger partial charge < -0.3 is 15.1 Å². The first-order valence-corrected chi connectivity index (χ1v) is 10.6. The van der Waals surface area contributed by atoms with Crippen LogP contribution in [0.25, 0.3) is 16.0 Å². The average molecular weight is 504 g/mol. The summed E-state index contributed by atoms with van der Waals surface area (Å²) in [6.45, 7) is 15.4. The second kappa shape index (κ2) is 10.5. The van der Waals surface area contributed by atoms with E-state index < -0.39 is 23.1 Å². The Morgan fingerprint density at radius 2 is 1.97 bits per heavy atom. The van der Waals surface area contributed by atoms with E-state index in [0.717, 1.165) is 34.6 Å². The maximum absolute atomic E-state index is 14.8. The molecule has 0 aliphatic carbocycles. The molecule has 3 aromatic rings. The monoisotopic (exact) mass is 503 g/mol. The zero-order chi connectivity index (χ0) is 23.9. The van der Waals surface area contributed by atoms with Gasteiger partial charge in [-0.15, -0.1) is 0 Å². The first-order valence-electron chi connectivity index (χ1n) is 10.6. The summed E-state index contributed by atoms with van der Waals surface area (Å²) in [6, 6.07) is 1.77. The zero-order valence-corrected chi connectivity index (χ0v) is 20.4. The Morgan fingerprint density at radius 3 is 2.54 bits per heavy atom. The Hall–Kier alpha value is -3.39. The van der Waals surface area contributed by atoms with Crippen molar-refractivity contribution in [3.63, 3.8) is 0 Å². The number of carbonyl (C=O) groups is 1. The molecule has 0 radical (unpaired) electrons. The number of nitrogens with zero attached hydrogens (tertiary/aromatic N) is 5. The van der Waals surface area contributed by atoms with Gasteiger partial charge in [0.05, 0.1) is 36.2 Å². The summed E-state index contributed by atoms with van der Waals surface area (Å²) >= 11 is 0. The SMILES string of the molecule is C.S.[C-]#[N+]CC1(n2cc(-c3c(C)n[nH]c3C)cn2)CN(c2cc(F)c(C(=O)NC(C)C)cc2F)C1. The molecule has 0 bridgehead atoms. The van der Waals surface area contributed by atoms with Gasteiger partial charge in [0.25, 0.3) is 5.91 Å². The third kappa shape index (κ3) is 5.03. The molecule has 0 atom stereocenters. The van der Waals surface area contributed by atoms with E-state index in [2.05, 4.69) is 25.5 Å². The number of aromatic amines is 1. The lowest BCUT2D eigenvalue weighted by atomic mass is 9.89. The van der Waals surface area contributed by atoms with Crippen LogP contribution in [0.2, 0.25) is 0 Å². The van der Waals surface area contributed by atoms with Crippen molar-refractivity contribution < 1.29 is 13.6 Å². The van der Waals surface area contributed by atoms with Crippen molar-refractivity contribution in [3.05, 3.63) is 64.5 Å². The van der Waals surface area contributed by atoms with Gasteiger partial charge in [0, 0.05) is 35.1 Å². The molecule has 0 spiro atoms. The quantitative estimate of drug-likeness (QED) is 0.494. The van der Waals surface area contributed by atoms with Crippen LogP contribution in [0.4, 0.5) is 14.5 Å². The van der Waals surface area contributed by atoms with Gasteiger partial charge in [0.15, 0.2) is 5.54 Å². The fourth-order valence-corrected chi connectivity index (χ4v) is 4.28. The van der Waals surface area contributed by atoms with E-state index in [-0.39, 0.29) is 57.8 Å². The largest absolute Gasteiger partial charge is 0.363 e. The van der Waals surface area contributed by atoms with Gasteiger partial charge >= 0.3 is 0 Å². The van der Waals surface area contributed by atoms with E-state index >= 15 is 0 Å². The Bertz CT molecular complexity index is 1240. The minimum Gasteiger partial charge on any atom is -0.363 e. The number of benzene rings is 1. The van der Waals surface area contributed by atoms with Crippen LogP contribution in [0.5, 0.6) is 0 Å². The van der Waals surface area contributed by atoms with Gasteiger partial charge in [-0.05, 0) is 33.8 Å². The zero-order valence-electron chi connectivity index (χ0n) is 19.4. The molecular formula is C24H31F2N7OS. The van der Waals surface area contributed by atoms with Crippen LogP contribution < -0.4 is 10.2 Å². The molecule has 3 heterocycles. The number of nitrogens with one attached hydrogen (secondary N) is 2. The first kappa shape index (κ1) is 27.9. The lowest BCUT2D eigenvalue weighted by molar-refractivity contribution is 0.0938. The molecule has 0 saturated carbocycles. The third-order valence-electron chi connectivity index (χ3n) is 5.87. The van der Waals surface area contributed by atoms with Gasteiger partial charge in [0.2, 0.25) is 6.54 Å². The number of halogens is 2. The summed E-state index contributed by atoms with van der Waals surface area (Å²) in [4.78, 5) is 17.4. The fraction of sp³-hybridized carbons (Fsp3) is 0.417. The van der Waals surface area contributed by atoms with E-state index in [1.807, 2.05) is 20.0 Å². The molecule has 2 N–H and O–H groups in total. The molecule has 2 aromatic heterocycles. The molecule has 4 rings (SSSR count). The van der Waals surface area contributed by atoms with Crippen LogP contribution in [0.15, 0.2) is 24.5 Å². The molecule has 1 aromatic carbocycles. The smallest absolute Gasteiger partial charge is 0.254 e. The van der Waals surface area contributed by atoms with Crippen LogP contribution in [0, 0.1) is 32.1 Å². The van der Waals surface area contributed by atoms with E-state index in [0.29, 0.717) is 0 Å². The predicted octanol–water partition coefficient (Wildman–Crippen LogP) is 4.19. The number of aryl methyl sites for hydroxylation is 2. The van der Waals surface area contributed by atoms with Crippen LogP contribution >= 0.6 is 13.5 Å². The standard InChI is InChI=1S/C23H25F2N7O.CH4.H2S/c1-13(2)28-22(33)17-6-19(25)20(7-18(17)24)31-11-23(12-31,10-26-5)32-9-16(8-27-32)21-14(3)29-30-15(21)4;;/h6-9,13H,10-12H2,1-4H3,(H,28,33)(H,29,30);1H4;1H2. The van der Waals surface area contributed by atoms with E-state index in [9.17, 15) is 13.6 Å². The summed E-state index contributed by atoms with van der Waals surface area (Å²) in [6.07, 6.45) is 3.59. The lowest BCUT2D eigenvalue weighted by Gasteiger charge is -2.48. The minimum atomic E-state index is -0.792. The summed E-state index contributed by atoms with van der Waals surface area (Å²) < 4.78 is 31.2. The summed E-state index contributed by atoms with van der Waals surface area (Å²) in [7, 11) is 0. The number of H-pyrrole nitrogens is 1. The Labute approximate surface area is 211 Å². The molecule has 1 aliphatic heterocycles. The van der Waals surface area contributed by atoms with Crippen molar-refractivity contribution in [1.29, 1.82) is 0 Å². The van der Waals surface area contributed by atoms with Crippen LogP contribution in [-0.4, -0.2) is 51.6 Å². The first-order chi connectivity index (χ1) is 15.6. The lowest BCUT2D eigenvalue weighted by Crippen LogP contribution is -2.65. The molecule has 1 aliphatic rings. The van der Waals surface area contributed by atoms with Crippen LogP contribution in [-0.2, 0) is 5.54 Å². The summed E-state index contributed by atoms with van der Waals surface area (Å²) in [5.74, 6) is -2.14. The minimum absolute atomic E-state index is 0. The molecule has 188 valence electrons. The van der Waals surface area contributed by atoms with Gasteiger partial charge in [-0.2, -0.15) is 23.7 Å². The van der Waals surface area contributed by atoms with Crippen molar-refractivity contribution >= 4 is 25.1 Å². The van der Waals surface area contributed by atoms with Gasteiger partial charge in [-0.1, -0.05) is 7.43 Å². The highest BCUT2D eigenvalue weighted by atomic mass is 32.1. The Morgan fingerprint density at radius 1 is 1.29 bits per heavy atom. The van der Waals surface area contributed by atoms with Gasteiger partial charge in [-0.3, -0.25) is 14.6 Å². The number of hydrogen-bond acceptors (Lipinski definition) is 4. The summed E-state index contributed by atoms with van der Waals surface area (Å²) in [5, 5.41) is 14.2. The predicted molar refractivity (Wildman–Crippen MR) is 137 cm³/mol. The fourth-order valence-electron chi connectivity index (χ4n) is 4.28. The average Bonchev–Trinajstić information content (AvgIpc) is 3.32. The molecule has 11 heteroatoms. The maximum Gasteiger partial charge on any atom is 0.254 e. The van der Waals surface area contributed by atoms with Gasteiger partial charge in [-0.25, -0.2) is 15.4 Å². The topological polar surface area (TPSA) is 83.2 Å². The number of aromatic nitrogens is 4. The highest BCUT2D eigenvalue weighted by molar-refractivity contribution is 7.59. The van der Waals surface area contributed by atoms with Crippen LogP contribution in [0.1, 0.15) is 43.0 Å². The van der Waals surface area contributed by atoms with Gasteiger partial charge in [0.1, 0.15) is 11.6 Å². The van der Waals surface area contributed by atoms with Crippen molar-refractivity contribution in [2.45, 2.75) is 46.7 Å². The molecule has 1 saturated heterocycles. The molecular weight excluding hydrogens is 472 g/mol. The third-order valence-corrected chi connectivity index (χ3v) is 5.87. The van der Waals surface area contributed by atoms with Crippen molar-refractivity contribution in [2.24, 2.45) is 0 Å². The second-order valence-electron chi connectivity index (χ2n) is 8.79.